The normalized spacial score (nSPS) is 13.4. The molecule has 0 aliphatic carbocycles. The number of rotatable bonds is 1. The molecule has 1 atom stereocenters. The van der Waals surface area contributed by atoms with Gasteiger partial charge in [-0.3, -0.25) is 0 Å². The van der Waals surface area contributed by atoms with E-state index < -0.39 is 11.6 Å². The Labute approximate surface area is 79.3 Å². The Morgan fingerprint density at radius 1 is 1.29 bits per heavy atom. The lowest BCUT2D eigenvalue weighted by Crippen LogP contribution is -2.02. The van der Waals surface area contributed by atoms with Crippen molar-refractivity contribution in [3.8, 4) is 0 Å². The molecule has 2 nitrogen and oxygen atoms in total. The van der Waals surface area contributed by atoms with Crippen LogP contribution in [0.3, 0.4) is 0 Å². The molecule has 0 fully saturated rings. The van der Waals surface area contributed by atoms with Gasteiger partial charge in [0.05, 0.1) is 6.04 Å². The van der Waals surface area contributed by atoms with Crippen LogP contribution in [0.4, 0.5) is 8.78 Å². The van der Waals surface area contributed by atoms with Crippen molar-refractivity contribution < 1.29 is 13.2 Å². The van der Waals surface area contributed by atoms with Crippen LogP contribution >= 0.6 is 0 Å². The highest BCUT2D eigenvalue weighted by Gasteiger charge is 2.12. The average molecular weight is 197 g/mol. The molecule has 0 amide bonds. The first kappa shape index (κ1) is 9.15. The van der Waals surface area contributed by atoms with E-state index in [-0.39, 0.29) is 11.6 Å². The number of hydrogen-bond acceptors (Lipinski definition) is 2. The maximum absolute atomic E-state index is 13.1. The summed E-state index contributed by atoms with van der Waals surface area (Å²) in [5.74, 6) is -0.872. The fourth-order valence-corrected chi connectivity index (χ4v) is 1.32. The van der Waals surface area contributed by atoms with Gasteiger partial charge in [0.15, 0.2) is 11.4 Å². The molecule has 2 aromatic rings. The standard InChI is InChI=1S/C10H9F2NO/c1-5(13)9-3-6-2-7(11)4-8(12)10(6)14-9/h2-5H,13H2,1H3. The monoisotopic (exact) mass is 197 g/mol. The Hall–Kier alpha value is -1.42. The average Bonchev–Trinajstić information content (AvgIpc) is 2.47. The zero-order valence-electron chi connectivity index (χ0n) is 7.55. The summed E-state index contributed by atoms with van der Waals surface area (Å²) in [5, 5.41) is 0.398. The molecule has 74 valence electrons. The molecule has 2 N–H and O–H groups in total. The highest BCUT2D eigenvalue weighted by atomic mass is 19.1. The second kappa shape index (κ2) is 3.06. The van der Waals surface area contributed by atoms with Gasteiger partial charge in [0.25, 0.3) is 0 Å². The fourth-order valence-electron chi connectivity index (χ4n) is 1.32. The van der Waals surface area contributed by atoms with E-state index in [9.17, 15) is 8.78 Å². The number of furan rings is 1. The number of fused-ring (bicyclic) bond motifs is 1. The van der Waals surface area contributed by atoms with Crippen molar-refractivity contribution in [1.29, 1.82) is 0 Å². The Bertz CT molecular complexity index is 476. The molecular weight excluding hydrogens is 188 g/mol. The molecule has 0 radical (unpaired) electrons. The van der Waals surface area contributed by atoms with E-state index in [1.165, 1.54) is 6.07 Å². The highest BCUT2D eigenvalue weighted by molar-refractivity contribution is 5.78. The number of benzene rings is 1. The molecule has 1 aromatic heterocycles. The van der Waals surface area contributed by atoms with Gasteiger partial charge in [-0.1, -0.05) is 0 Å². The number of halogens is 2. The topological polar surface area (TPSA) is 39.2 Å². The van der Waals surface area contributed by atoms with Crippen LogP contribution in [0.2, 0.25) is 0 Å². The molecule has 1 aromatic carbocycles. The molecule has 1 unspecified atom stereocenters. The van der Waals surface area contributed by atoms with Gasteiger partial charge in [0.2, 0.25) is 0 Å². The Kier molecular flexibility index (Phi) is 2.00. The van der Waals surface area contributed by atoms with Gasteiger partial charge in [-0.05, 0) is 19.1 Å². The minimum atomic E-state index is -0.702. The Morgan fingerprint density at radius 3 is 2.64 bits per heavy atom. The van der Waals surface area contributed by atoms with Gasteiger partial charge in [0, 0.05) is 11.5 Å². The highest BCUT2D eigenvalue weighted by Crippen LogP contribution is 2.25. The van der Waals surface area contributed by atoms with Crippen LogP contribution in [0.5, 0.6) is 0 Å². The quantitative estimate of drug-likeness (QED) is 0.763. The molecule has 1 heterocycles. The first-order valence-corrected chi connectivity index (χ1v) is 4.22. The van der Waals surface area contributed by atoms with Crippen LogP contribution in [0.1, 0.15) is 18.7 Å². The van der Waals surface area contributed by atoms with Crippen molar-refractivity contribution >= 4 is 11.0 Å². The van der Waals surface area contributed by atoms with Crippen LogP contribution < -0.4 is 5.73 Å². The van der Waals surface area contributed by atoms with Crippen molar-refractivity contribution in [3.63, 3.8) is 0 Å². The Balaban J connectivity index is 2.70. The van der Waals surface area contributed by atoms with Crippen molar-refractivity contribution in [2.45, 2.75) is 13.0 Å². The van der Waals surface area contributed by atoms with Crippen molar-refractivity contribution in [3.05, 3.63) is 35.6 Å². The molecule has 4 heteroatoms. The largest absolute Gasteiger partial charge is 0.456 e. The summed E-state index contributed by atoms with van der Waals surface area (Å²) >= 11 is 0. The van der Waals surface area contributed by atoms with Gasteiger partial charge in [0.1, 0.15) is 11.6 Å². The SMILES string of the molecule is CC(N)c1cc2cc(F)cc(F)c2o1. The summed E-state index contributed by atoms with van der Waals surface area (Å²) in [5.41, 5.74) is 5.61. The van der Waals surface area contributed by atoms with E-state index in [2.05, 4.69) is 0 Å². The minimum absolute atomic E-state index is 0.0544. The number of nitrogens with two attached hydrogens (primary N) is 1. The third-order valence-electron chi connectivity index (χ3n) is 2.00. The van der Waals surface area contributed by atoms with Gasteiger partial charge in [-0.25, -0.2) is 8.78 Å². The third kappa shape index (κ3) is 1.37. The van der Waals surface area contributed by atoms with Gasteiger partial charge < -0.3 is 10.2 Å². The van der Waals surface area contributed by atoms with Crippen molar-refractivity contribution in [1.82, 2.24) is 0 Å². The lowest BCUT2D eigenvalue weighted by Gasteiger charge is -1.96. The van der Waals surface area contributed by atoms with Crippen LogP contribution in [0.25, 0.3) is 11.0 Å². The van der Waals surface area contributed by atoms with E-state index in [4.69, 9.17) is 10.2 Å². The summed E-state index contributed by atoms with van der Waals surface area (Å²) in [7, 11) is 0. The lowest BCUT2D eigenvalue weighted by atomic mass is 10.2. The second-order valence-corrected chi connectivity index (χ2v) is 3.24. The summed E-state index contributed by atoms with van der Waals surface area (Å²) in [6.07, 6.45) is 0. The van der Waals surface area contributed by atoms with Gasteiger partial charge in [-0.15, -0.1) is 0 Å². The molecule has 0 bridgehead atoms. The summed E-state index contributed by atoms with van der Waals surface area (Å²) in [6.45, 7) is 1.71. The molecule has 0 saturated heterocycles. The maximum atomic E-state index is 13.1. The van der Waals surface area contributed by atoms with Gasteiger partial charge >= 0.3 is 0 Å². The third-order valence-corrected chi connectivity index (χ3v) is 2.00. The first-order chi connectivity index (χ1) is 6.58. The van der Waals surface area contributed by atoms with E-state index >= 15 is 0 Å². The minimum Gasteiger partial charge on any atom is -0.456 e. The van der Waals surface area contributed by atoms with E-state index in [0.717, 1.165) is 6.07 Å². The maximum Gasteiger partial charge on any atom is 0.170 e. The van der Waals surface area contributed by atoms with Crippen LogP contribution in [0.15, 0.2) is 22.6 Å². The summed E-state index contributed by atoms with van der Waals surface area (Å²) < 4.78 is 31.1. The van der Waals surface area contributed by atoms with E-state index in [0.29, 0.717) is 11.1 Å². The van der Waals surface area contributed by atoms with Gasteiger partial charge in [-0.2, -0.15) is 0 Å². The van der Waals surface area contributed by atoms with Crippen LogP contribution in [0, 0.1) is 11.6 Å². The zero-order valence-corrected chi connectivity index (χ0v) is 7.55. The molecule has 0 aliphatic heterocycles. The smallest absolute Gasteiger partial charge is 0.170 e. The van der Waals surface area contributed by atoms with E-state index in [1.54, 1.807) is 13.0 Å². The summed E-state index contributed by atoms with van der Waals surface area (Å²) in [6, 6.07) is 3.22. The Morgan fingerprint density at radius 2 is 2.00 bits per heavy atom. The summed E-state index contributed by atoms with van der Waals surface area (Å²) in [4.78, 5) is 0. The predicted molar refractivity (Wildman–Crippen MR) is 48.7 cm³/mol. The molecule has 0 spiro atoms. The molecule has 14 heavy (non-hydrogen) atoms. The molecular formula is C10H9F2NO. The zero-order chi connectivity index (χ0) is 10.3. The van der Waals surface area contributed by atoms with E-state index in [1.807, 2.05) is 0 Å². The van der Waals surface area contributed by atoms with Crippen LogP contribution in [-0.2, 0) is 0 Å². The molecule has 0 aliphatic rings. The van der Waals surface area contributed by atoms with Crippen molar-refractivity contribution in [2.75, 3.05) is 0 Å². The molecule has 2 rings (SSSR count). The molecule has 0 saturated carbocycles. The fraction of sp³-hybridized carbons (Fsp3) is 0.200. The van der Waals surface area contributed by atoms with Crippen molar-refractivity contribution in [2.24, 2.45) is 5.73 Å². The second-order valence-electron chi connectivity index (χ2n) is 3.24. The van der Waals surface area contributed by atoms with Crippen LogP contribution in [-0.4, -0.2) is 0 Å². The lowest BCUT2D eigenvalue weighted by molar-refractivity contribution is 0.490. The predicted octanol–water partition coefficient (Wildman–Crippen LogP) is 2.73. The number of hydrogen-bond donors (Lipinski definition) is 1. The first-order valence-electron chi connectivity index (χ1n) is 4.22.